The molecule has 0 spiro atoms. The fraction of sp³-hybridized carbons (Fsp3) is 0.385. The van der Waals surface area contributed by atoms with E-state index in [1.165, 1.54) is 5.56 Å². The predicted molar refractivity (Wildman–Crippen MR) is 75.0 cm³/mol. The van der Waals surface area contributed by atoms with Gasteiger partial charge in [-0.15, -0.1) is 10.2 Å². The number of nitrogens with zero attached hydrogens (tertiary/aromatic N) is 4. The summed E-state index contributed by atoms with van der Waals surface area (Å²) in [5, 5.41) is 7.91. The second kappa shape index (κ2) is 4.92. The van der Waals surface area contributed by atoms with Crippen LogP contribution in [0.25, 0.3) is 0 Å². The van der Waals surface area contributed by atoms with Crippen molar-refractivity contribution in [1.29, 1.82) is 0 Å². The molecule has 0 radical (unpaired) electrons. The lowest BCUT2D eigenvalue weighted by Gasteiger charge is -2.17. The van der Waals surface area contributed by atoms with Gasteiger partial charge in [0.2, 0.25) is 18.7 Å². The number of rotatable bonds is 4. The molecule has 0 amide bonds. The molecule has 0 unspecified atom stereocenters. The summed E-state index contributed by atoms with van der Waals surface area (Å²) in [6, 6.07) is 6.01. The molecular weight excluding hydrogens is 258 g/mol. The van der Waals surface area contributed by atoms with Crippen molar-refractivity contribution in [3.63, 3.8) is 0 Å². The van der Waals surface area contributed by atoms with E-state index in [1.54, 1.807) is 4.57 Å². The quantitative estimate of drug-likeness (QED) is 0.889. The number of nitrogens with two attached hydrogens (primary N) is 1. The molecule has 1 aromatic carbocycles. The Balaban J connectivity index is 1.66. The van der Waals surface area contributed by atoms with Gasteiger partial charge in [-0.3, -0.25) is 4.57 Å². The van der Waals surface area contributed by atoms with Crippen LogP contribution >= 0.6 is 0 Å². The van der Waals surface area contributed by atoms with E-state index in [0.29, 0.717) is 12.7 Å². The van der Waals surface area contributed by atoms with Crippen LogP contribution in [0.5, 0.6) is 11.5 Å². The van der Waals surface area contributed by atoms with Crippen LogP contribution in [0.15, 0.2) is 18.2 Å². The van der Waals surface area contributed by atoms with E-state index in [4.69, 9.17) is 15.2 Å². The van der Waals surface area contributed by atoms with E-state index in [2.05, 4.69) is 10.2 Å². The number of hydrogen-bond donors (Lipinski definition) is 1. The van der Waals surface area contributed by atoms with Gasteiger partial charge in [-0.05, 0) is 24.1 Å². The Labute approximate surface area is 116 Å². The summed E-state index contributed by atoms with van der Waals surface area (Å²) in [7, 11) is 3.82. The summed E-state index contributed by atoms with van der Waals surface area (Å²) in [6.07, 6.45) is 0.875. The molecule has 0 bridgehead atoms. The third-order valence-corrected chi connectivity index (χ3v) is 3.40. The molecule has 1 aromatic heterocycles. The maximum atomic E-state index is 5.68. The van der Waals surface area contributed by atoms with Crippen molar-refractivity contribution in [2.75, 3.05) is 31.0 Å². The van der Waals surface area contributed by atoms with Crippen molar-refractivity contribution < 1.29 is 9.47 Å². The Hall–Kier alpha value is -2.44. The molecule has 7 nitrogen and oxygen atoms in total. The first-order valence-electron chi connectivity index (χ1n) is 6.39. The van der Waals surface area contributed by atoms with Crippen molar-refractivity contribution in [3.8, 4) is 11.5 Å². The fourth-order valence-electron chi connectivity index (χ4n) is 2.16. The lowest BCUT2D eigenvalue weighted by Crippen LogP contribution is -2.23. The number of benzene rings is 1. The first-order chi connectivity index (χ1) is 9.65. The first kappa shape index (κ1) is 12.6. The van der Waals surface area contributed by atoms with Gasteiger partial charge in [-0.1, -0.05) is 6.07 Å². The zero-order chi connectivity index (χ0) is 14.1. The molecule has 2 heterocycles. The van der Waals surface area contributed by atoms with Crippen molar-refractivity contribution in [2.45, 2.75) is 6.42 Å². The lowest BCUT2D eigenvalue weighted by atomic mass is 10.1. The average Bonchev–Trinajstić information content (AvgIpc) is 3.03. The van der Waals surface area contributed by atoms with Crippen molar-refractivity contribution in [3.05, 3.63) is 23.8 Å². The van der Waals surface area contributed by atoms with Gasteiger partial charge >= 0.3 is 0 Å². The van der Waals surface area contributed by atoms with E-state index in [9.17, 15) is 0 Å². The molecule has 2 N–H and O–H groups in total. The minimum Gasteiger partial charge on any atom is -0.454 e. The molecule has 7 heteroatoms. The number of anilines is 2. The maximum absolute atomic E-state index is 5.68. The van der Waals surface area contributed by atoms with Crippen LogP contribution in [-0.4, -0.2) is 35.1 Å². The van der Waals surface area contributed by atoms with Gasteiger partial charge in [0.1, 0.15) is 0 Å². The molecular formula is C13H17N5O2. The summed E-state index contributed by atoms with van der Waals surface area (Å²) in [4.78, 5) is 2.02. The SMILES string of the molecule is CN(CCc1ccc2c(c1)OCO2)c1nnc(N)n1C. The standard InChI is InChI=1S/C13H17N5O2/c1-17(13-16-15-12(14)18(13)2)6-5-9-3-4-10-11(7-9)20-8-19-10/h3-4,7H,5-6,8H2,1-2H3,(H2,14,15). The normalized spacial score (nSPS) is 12.7. The van der Waals surface area contributed by atoms with Crippen LogP contribution in [0.2, 0.25) is 0 Å². The largest absolute Gasteiger partial charge is 0.454 e. The Morgan fingerprint density at radius 3 is 2.85 bits per heavy atom. The molecule has 0 aliphatic carbocycles. The maximum Gasteiger partial charge on any atom is 0.231 e. The second-order valence-electron chi connectivity index (χ2n) is 4.78. The van der Waals surface area contributed by atoms with Crippen LogP contribution in [0.1, 0.15) is 5.56 Å². The Bertz CT molecular complexity index is 625. The summed E-state index contributed by atoms with van der Waals surface area (Å²) < 4.78 is 12.4. The highest BCUT2D eigenvalue weighted by molar-refractivity contribution is 5.45. The second-order valence-corrected chi connectivity index (χ2v) is 4.78. The third kappa shape index (κ3) is 2.22. The van der Waals surface area contributed by atoms with Gasteiger partial charge in [0.15, 0.2) is 11.5 Å². The van der Waals surface area contributed by atoms with Crippen LogP contribution in [0.3, 0.4) is 0 Å². The summed E-state index contributed by atoms with van der Waals surface area (Å²) in [5.41, 5.74) is 6.87. The van der Waals surface area contributed by atoms with E-state index in [1.807, 2.05) is 37.2 Å². The highest BCUT2D eigenvalue weighted by Crippen LogP contribution is 2.32. The van der Waals surface area contributed by atoms with Gasteiger partial charge < -0.3 is 20.1 Å². The highest BCUT2D eigenvalue weighted by Gasteiger charge is 2.14. The molecule has 1 aliphatic heterocycles. The zero-order valence-electron chi connectivity index (χ0n) is 11.5. The zero-order valence-corrected chi connectivity index (χ0v) is 11.5. The van der Waals surface area contributed by atoms with Gasteiger partial charge in [0, 0.05) is 20.6 Å². The summed E-state index contributed by atoms with van der Waals surface area (Å²) in [5.74, 6) is 2.79. The van der Waals surface area contributed by atoms with Gasteiger partial charge in [0.25, 0.3) is 0 Å². The molecule has 0 saturated heterocycles. The smallest absolute Gasteiger partial charge is 0.231 e. The number of fused-ring (bicyclic) bond motifs is 1. The number of nitrogen functional groups attached to an aromatic ring is 1. The summed E-state index contributed by atoms with van der Waals surface area (Å²) in [6.45, 7) is 1.11. The van der Waals surface area contributed by atoms with Gasteiger partial charge in [-0.25, -0.2) is 0 Å². The van der Waals surface area contributed by atoms with Crippen molar-refractivity contribution in [2.24, 2.45) is 7.05 Å². The average molecular weight is 275 g/mol. The highest BCUT2D eigenvalue weighted by atomic mass is 16.7. The number of likely N-dealkylation sites (N-methyl/N-ethyl adjacent to an activating group) is 1. The summed E-state index contributed by atoms with van der Waals surface area (Å²) >= 11 is 0. The molecule has 20 heavy (non-hydrogen) atoms. The fourth-order valence-corrected chi connectivity index (χ4v) is 2.16. The van der Waals surface area contributed by atoms with Crippen molar-refractivity contribution in [1.82, 2.24) is 14.8 Å². The van der Waals surface area contributed by atoms with Crippen LogP contribution in [0.4, 0.5) is 11.9 Å². The Morgan fingerprint density at radius 1 is 1.30 bits per heavy atom. The van der Waals surface area contributed by atoms with E-state index in [-0.39, 0.29) is 0 Å². The number of hydrogen-bond acceptors (Lipinski definition) is 6. The number of ether oxygens (including phenoxy) is 2. The Morgan fingerprint density at radius 2 is 2.10 bits per heavy atom. The van der Waals surface area contributed by atoms with E-state index >= 15 is 0 Å². The van der Waals surface area contributed by atoms with Crippen LogP contribution in [-0.2, 0) is 13.5 Å². The minimum atomic E-state index is 0.302. The lowest BCUT2D eigenvalue weighted by molar-refractivity contribution is 0.174. The monoisotopic (exact) mass is 275 g/mol. The van der Waals surface area contributed by atoms with Crippen LogP contribution < -0.4 is 20.1 Å². The van der Waals surface area contributed by atoms with Gasteiger partial charge in [-0.2, -0.15) is 0 Å². The molecule has 0 saturated carbocycles. The molecule has 106 valence electrons. The Kier molecular flexibility index (Phi) is 3.09. The molecule has 3 rings (SSSR count). The first-order valence-corrected chi connectivity index (χ1v) is 6.39. The molecule has 2 aromatic rings. The van der Waals surface area contributed by atoms with Gasteiger partial charge in [0.05, 0.1) is 0 Å². The minimum absolute atomic E-state index is 0.302. The topological polar surface area (TPSA) is 78.4 Å². The molecule has 0 fully saturated rings. The molecule has 1 aliphatic rings. The third-order valence-electron chi connectivity index (χ3n) is 3.40. The van der Waals surface area contributed by atoms with Crippen LogP contribution in [0, 0.1) is 0 Å². The van der Waals surface area contributed by atoms with Crippen molar-refractivity contribution >= 4 is 11.9 Å². The van der Waals surface area contributed by atoms with E-state index < -0.39 is 0 Å². The predicted octanol–water partition coefficient (Wildman–Crippen LogP) is 0.805. The molecule has 0 atom stereocenters. The van der Waals surface area contributed by atoms with E-state index in [0.717, 1.165) is 30.4 Å². The number of aromatic nitrogens is 3.